The highest BCUT2D eigenvalue weighted by molar-refractivity contribution is 5.85. The molecule has 1 saturated heterocycles. The van der Waals surface area contributed by atoms with Crippen LogP contribution in [0.25, 0.3) is 10.9 Å². The molecule has 3 heterocycles. The Bertz CT molecular complexity index is 1330. The summed E-state index contributed by atoms with van der Waals surface area (Å²) in [6.07, 6.45) is 7.02. The molecule has 0 amide bonds. The molecular weight excluding hydrogens is 465 g/mol. The number of hydrogen-bond donors (Lipinski definition) is 3. The molecule has 0 unspecified atom stereocenters. The lowest BCUT2D eigenvalue weighted by atomic mass is 10.0. The summed E-state index contributed by atoms with van der Waals surface area (Å²) in [6.45, 7) is 3.43. The molecule has 4 N–H and O–H groups in total. The Morgan fingerprint density at radius 3 is 2.81 bits per heavy atom. The molecule has 6 nitrogen and oxygen atoms in total. The van der Waals surface area contributed by atoms with E-state index < -0.39 is 11.7 Å². The van der Waals surface area contributed by atoms with Crippen LogP contribution in [-0.2, 0) is 19.3 Å². The van der Waals surface area contributed by atoms with Gasteiger partial charge in [0.15, 0.2) is 0 Å². The number of aromatic amines is 1. The maximum atomic E-state index is 13.7. The van der Waals surface area contributed by atoms with Crippen molar-refractivity contribution in [2.45, 2.75) is 19.3 Å². The first-order valence-electron chi connectivity index (χ1n) is 11.6. The van der Waals surface area contributed by atoms with Gasteiger partial charge >= 0.3 is 6.18 Å². The highest BCUT2D eigenvalue weighted by Crippen LogP contribution is 2.33. The number of hydrogen-bond acceptors (Lipinski definition) is 5. The quantitative estimate of drug-likeness (QED) is 0.276. The zero-order chi connectivity index (χ0) is 25.4. The van der Waals surface area contributed by atoms with E-state index in [9.17, 15) is 13.2 Å². The molecule has 4 rings (SSSR count). The van der Waals surface area contributed by atoms with Crippen LogP contribution in [0.4, 0.5) is 13.2 Å². The number of rotatable bonds is 6. The molecule has 186 valence electrons. The molecule has 1 aliphatic heterocycles. The van der Waals surface area contributed by atoms with Crippen molar-refractivity contribution in [1.29, 1.82) is 0 Å². The number of aromatic nitrogens is 2. The molecule has 2 aromatic heterocycles. The molecule has 1 aromatic carbocycles. The first-order valence-corrected chi connectivity index (χ1v) is 11.6. The number of nitrogens with two attached hydrogens (primary N) is 1. The lowest BCUT2D eigenvalue weighted by molar-refractivity contribution is -0.138. The summed E-state index contributed by atoms with van der Waals surface area (Å²) in [5, 5.41) is 4.17. The fraction of sp³-hybridized carbons (Fsp3) is 0.259. The van der Waals surface area contributed by atoms with E-state index in [4.69, 9.17) is 5.73 Å². The van der Waals surface area contributed by atoms with Crippen molar-refractivity contribution in [2.24, 2.45) is 10.7 Å². The molecule has 1 fully saturated rings. The van der Waals surface area contributed by atoms with Crippen LogP contribution in [0.3, 0.4) is 0 Å². The highest BCUT2D eigenvalue weighted by atomic mass is 19.4. The number of alkyl halides is 3. The van der Waals surface area contributed by atoms with Crippen LogP contribution in [0.2, 0.25) is 0 Å². The van der Waals surface area contributed by atoms with Crippen molar-refractivity contribution in [2.75, 3.05) is 26.2 Å². The van der Waals surface area contributed by atoms with Crippen molar-refractivity contribution in [1.82, 2.24) is 20.2 Å². The summed E-state index contributed by atoms with van der Waals surface area (Å²) >= 11 is 0. The third-order valence-electron chi connectivity index (χ3n) is 5.81. The van der Waals surface area contributed by atoms with Gasteiger partial charge < -0.3 is 16.0 Å². The average molecular weight is 493 g/mol. The number of halogens is 3. The second-order valence-electron chi connectivity index (χ2n) is 8.36. The van der Waals surface area contributed by atoms with Crippen LogP contribution in [0, 0.1) is 11.8 Å². The van der Waals surface area contributed by atoms with Crippen LogP contribution in [0.15, 0.2) is 71.8 Å². The summed E-state index contributed by atoms with van der Waals surface area (Å²) in [4.78, 5) is 13.6. The molecule has 1 aliphatic rings. The van der Waals surface area contributed by atoms with Crippen LogP contribution in [0.1, 0.15) is 22.3 Å². The van der Waals surface area contributed by atoms with Crippen LogP contribution >= 0.6 is 0 Å². The normalized spacial score (nSPS) is 15.6. The van der Waals surface area contributed by atoms with E-state index in [1.54, 1.807) is 36.7 Å². The Balaban J connectivity index is 1.47. The number of pyridine rings is 1. The Morgan fingerprint density at radius 2 is 2.03 bits per heavy atom. The fourth-order valence-electron chi connectivity index (χ4n) is 3.99. The third kappa shape index (κ3) is 6.62. The average Bonchev–Trinajstić information content (AvgIpc) is 3.35. The van der Waals surface area contributed by atoms with Gasteiger partial charge in [-0.05, 0) is 41.6 Å². The molecule has 9 heteroatoms. The van der Waals surface area contributed by atoms with E-state index in [1.165, 1.54) is 18.5 Å². The van der Waals surface area contributed by atoms with Crippen molar-refractivity contribution in [3.8, 4) is 11.8 Å². The van der Waals surface area contributed by atoms with Gasteiger partial charge in [0.25, 0.3) is 0 Å². The zero-order valence-electron chi connectivity index (χ0n) is 19.6. The highest BCUT2D eigenvalue weighted by Gasteiger charge is 2.34. The smallest absolute Gasteiger partial charge is 0.405 e. The van der Waals surface area contributed by atoms with Gasteiger partial charge in [-0.3, -0.25) is 14.9 Å². The van der Waals surface area contributed by atoms with Crippen LogP contribution in [-0.4, -0.2) is 47.3 Å². The minimum Gasteiger partial charge on any atom is -0.405 e. The molecule has 0 radical (unpaired) electrons. The molecule has 0 saturated carbocycles. The Kier molecular flexibility index (Phi) is 8.21. The minimum atomic E-state index is -4.42. The third-order valence-corrected chi connectivity index (χ3v) is 5.81. The van der Waals surface area contributed by atoms with Gasteiger partial charge in [0, 0.05) is 62.3 Å². The van der Waals surface area contributed by atoms with Gasteiger partial charge in [-0.2, -0.15) is 13.2 Å². The minimum absolute atomic E-state index is 0.118. The zero-order valence-corrected chi connectivity index (χ0v) is 19.6. The second kappa shape index (κ2) is 11.7. The lowest BCUT2D eigenvalue weighted by Gasteiger charge is -2.28. The number of nitrogens with zero attached hydrogens (tertiary/aromatic N) is 3. The first-order chi connectivity index (χ1) is 17.4. The molecular formula is C27H27F3N6. The number of aliphatic imine (C=N–C) groups is 1. The predicted octanol–water partition coefficient (Wildman–Crippen LogP) is 4.01. The lowest BCUT2D eigenvalue weighted by Crippen LogP contribution is -2.43. The van der Waals surface area contributed by atoms with E-state index in [-0.39, 0.29) is 18.7 Å². The second-order valence-corrected chi connectivity index (χ2v) is 8.36. The van der Waals surface area contributed by atoms with E-state index in [0.717, 1.165) is 42.6 Å². The fourth-order valence-corrected chi connectivity index (χ4v) is 3.99. The van der Waals surface area contributed by atoms with E-state index in [2.05, 4.69) is 32.1 Å². The van der Waals surface area contributed by atoms with Crippen molar-refractivity contribution >= 4 is 17.1 Å². The van der Waals surface area contributed by atoms with Gasteiger partial charge in [0.2, 0.25) is 0 Å². The van der Waals surface area contributed by atoms with Gasteiger partial charge in [0.1, 0.15) is 0 Å². The van der Waals surface area contributed by atoms with Gasteiger partial charge in [-0.15, -0.1) is 0 Å². The maximum absolute atomic E-state index is 13.7. The number of allylic oxidation sites excluding steroid dienone is 3. The summed E-state index contributed by atoms with van der Waals surface area (Å²) in [6, 6.07) is 6.40. The molecule has 36 heavy (non-hydrogen) atoms. The number of nitrogens with one attached hydrogen (secondary N) is 2. The van der Waals surface area contributed by atoms with Gasteiger partial charge in [-0.1, -0.05) is 24.0 Å². The van der Waals surface area contributed by atoms with Gasteiger partial charge in [-0.25, -0.2) is 0 Å². The maximum Gasteiger partial charge on any atom is 0.416 e. The topological polar surface area (TPSA) is 82.3 Å². The molecule has 3 aromatic rings. The summed E-state index contributed by atoms with van der Waals surface area (Å²) in [5.74, 6) is 6.11. The molecule has 0 aliphatic carbocycles. The Hall–Kier alpha value is -3.87. The number of benzene rings is 1. The number of H-pyrrole nitrogens is 1. The van der Waals surface area contributed by atoms with E-state index in [1.807, 2.05) is 17.2 Å². The van der Waals surface area contributed by atoms with Gasteiger partial charge in [0.05, 0.1) is 29.4 Å². The Labute approximate surface area is 207 Å². The Morgan fingerprint density at radius 1 is 1.19 bits per heavy atom. The van der Waals surface area contributed by atoms with E-state index in [0.29, 0.717) is 11.1 Å². The number of piperazine rings is 1. The van der Waals surface area contributed by atoms with Crippen LogP contribution in [0.5, 0.6) is 0 Å². The first kappa shape index (κ1) is 25.2. The van der Waals surface area contributed by atoms with Crippen LogP contribution < -0.4 is 11.1 Å². The summed E-state index contributed by atoms with van der Waals surface area (Å²) in [5.41, 5.74) is 7.98. The number of fused-ring (bicyclic) bond motifs is 1. The van der Waals surface area contributed by atoms with Crippen molar-refractivity contribution < 1.29 is 13.2 Å². The molecule has 0 atom stereocenters. The molecule has 0 spiro atoms. The molecule has 0 bridgehead atoms. The van der Waals surface area contributed by atoms with Crippen molar-refractivity contribution in [3.05, 3.63) is 89.0 Å². The summed E-state index contributed by atoms with van der Waals surface area (Å²) < 4.78 is 41.2. The summed E-state index contributed by atoms with van der Waals surface area (Å²) in [7, 11) is 0. The SMILES string of the molecule is N/C=C/C(C#Cc1cncc2[nH]ccc12)=C\C=NCc1ccc(CN2CCNCC2)c(C(F)(F)F)c1. The van der Waals surface area contributed by atoms with Crippen molar-refractivity contribution in [3.63, 3.8) is 0 Å². The monoisotopic (exact) mass is 492 g/mol. The largest absolute Gasteiger partial charge is 0.416 e. The standard InChI is InChI=1S/C27H27F3N6/c28-27(29,30)25-15-21(2-4-23(25)19-36-13-11-32-12-14-36)16-33-9-6-20(5-8-31)1-3-22-17-34-18-26-24(22)7-10-35-26/h2,4-10,15,17-18,32,35H,11-14,16,19,31H2/b8-5+,20-6-,33-9?. The predicted molar refractivity (Wildman–Crippen MR) is 136 cm³/mol. The van der Waals surface area contributed by atoms with E-state index >= 15 is 0 Å².